The minimum Gasteiger partial charge on any atom is -0.374 e. The number of aromatic nitrogens is 3. The fourth-order valence-corrected chi connectivity index (χ4v) is 1.50. The van der Waals surface area contributed by atoms with E-state index in [1.807, 2.05) is 0 Å². The van der Waals surface area contributed by atoms with Gasteiger partial charge in [0.2, 0.25) is 0 Å². The van der Waals surface area contributed by atoms with Crippen molar-refractivity contribution in [3.05, 3.63) is 33.0 Å². The number of hydrogen-bond donors (Lipinski definition) is 1. The molecule has 0 saturated carbocycles. The van der Waals surface area contributed by atoms with Crippen LogP contribution >= 0.6 is 15.9 Å². The van der Waals surface area contributed by atoms with Gasteiger partial charge >= 0.3 is 0 Å². The average Bonchev–Trinajstić information content (AvgIpc) is 2.20. The lowest BCUT2D eigenvalue weighted by molar-refractivity contribution is 0.185. The number of benzene rings is 1. The third kappa shape index (κ3) is 1.42. The van der Waals surface area contributed by atoms with Crippen LogP contribution in [0.1, 0.15) is 0 Å². The van der Waals surface area contributed by atoms with Crippen molar-refractivity contribution in [1.29, 1.82) is 0 Å². The Morgan fingerprint density at radius 3 is 3.00 bits per heavy atom. The van der Waals surface area contributed by atoms with Gasteiger partial charge in [0, 0.05) is 4.47 Å². The van der Waals surface area contributed by atoms with E-state index >= 15 is 0 Å². The molecule has 2 aromatic rings. The first-order valence-corrected chi connectivity index (χ1v) is 4.65. The van der Waals surface area contributed by atoms with Crippen LogP contribution in [0.3, 0.4) is 0 Å². The Hall–Kier alpha value is -1.27. The average molecular weight is 256 g/mol. The van der Waals surface area contributed by atoms with Crippen LogP contribution in [-0.4, -0.2) is 20.1 Å². The fourth-order valence-electron chi connectivity index (χ4n) is 1.14. The molecule has 0 radical (unpaired) electrons. The first-order chi connectivity index (χ1) is 6.72. The maximum atomic E-state index is 11.6. The van der Waals surface area contributed by atoms with Gasteiger partial charge in [-0.1, -0.05) is 21.1 Å². The highest BCUT2D eigenvalue weighted by molar-refractivity contribution is 9.10. The highest BCUT2D eigenvalue weighted by Gasteiger charge is 2.04. The van der Waals surface area contributed by atoms with E-state index in [0.717, 1.165) is 9.15 Å². The second-order valence-electron chi connectivity index (χ2n) is 2.70. The van der Waals surface area contributed by atoms with E-state index in [4.69, 9.17) is 5.11 Å². The van der Waals surface area contributed by atoms with E-state index < -0.39 is 6.73 Å². The SMILES string of the molecule is O=c1c2cc(Br)ccc2nnn1CO. The van der Waals surface area contributed by atoms with Crippen LogP contribution in [0.2, 0.25) is 0 Å². The summed E-state index contributed by atoms with van der Waals surface area (Å²) in [5.41, 5.74) is 0.168. The summed E-state index contributed by atoms with van der Waals surface area (Å²) >= 11 is 3.25. The highest BCUT2D eigenvalue weighted by Crippen LogP contribution is 2.14. The molecule has 1 heterocycles. The van der Waals surface area contributed by atoms with Crippen LogP contribution in [0.4, 0.5) is 0 Å². The molecule has 0 bridgehead atoms. The van der Waals surface area contributed by atoms with Gasteiger partial charge in [0.25, 0.3) is 5.56 Å². The molecule has 6 heteroatoms. The second kappa shape index (κ2) is 3.47. The molecule has 0 aliphatic rings. The Bertz CT molecular complexity index is 538. The largest absolute Gasteiger partial charge is 0.374 e. The molecule has 0 saturated heterocycles. The summed E-state index contributed by atoms with van der Waals surface area (Å²) in [6.07, 6.45) is 0. The molecule has 2 rings (SSSR count). The van der Waals surface area contributed by atoms with Gasteiger partial charge in [-0.05, 0) is 18.2 Å². The first-order valence-electron chi connectivity index (χ1n) is 3.86. The number of hydrogen-bond acceptors (Lipinski definition) is 4. The molecule has 5 nitrogen and oxygen atoms in total. The van der Waals surface area contributed by atoms with Crippen molar-refractivity contribution in [2.24, 2.45) is 0 Å². The minimum absolute atomic E-state index is 0.348. The smallest absolute Gasteiger partial charge is 0.279 e. The van der Waals surface area contributed by atoms with Gasteiger partial charge in [0.15, 0.2) is 0 Å². The molecule has 0 unspecified atom stereocenters. The molecule has 0 aliphatic heterocycles. The zero-order valence-electron chi connectivity index (χ0n) is 7.01. The molecule has 0 amide bonds. The number of halogens is 1. The summed E-state index contributed by atoms with van der Waals surface area (Å²) < 4.78 is 1.69. The molecule has 1 aromatic heterocycles. The van der Waals surface area contributed by atoms with Crippen LogP contribution in [0.15, 0.2) is 27.5 Å². The number of aliphatic hydroxyl groups excluding tert-OH is 1. The number of nitrogens with zero attached hydrogens (tertiary/aromatic N) is 3. The number of rotatable bonds is 1. The summed E-state index contributed by atoms with van der Waals surface area (Å²) in [5, 5.41) is 16.6. The van der Waals surface area contributed by atoms with Crippen molar-refractivity contribution < 1.29 is 5.11 Å². The topological polar surface area (TPSA) is 68.0 Å². The Morgan fingerprint density at radius 2 is 2.29 bits per heavy atom. The maximum absolute atomic E-state index is 11.6. The quantitative estimate of drug-likeness (QED) is 0.806. The molecule has 1 N–H and O–H groups in total. The van der Waals surface area contributed by atoms with Crippen molar-refractivity contribution in [2.45, 2.75) is 6.73 Å². The summed E-state index contributed by atoms with van der Waals surface area (Å²) in [5.74, 6) is 0. The molecular weight excluding hydrogens is 250 g/mol. The van der Waals surface area contributed by atoms with Crippen LogP contribution in [-0.2, 0) is 6.73 Å². The van der Waals surface area contributed by atoms with E-state index in [-0.39, 0.29) is 5.56 Å². The Morgan fingerprint density at radius 1 is 1.50 bits per heavy atom. The van der Waals surface area contributed by atoms with Gasteiger partial charge in [-0.2, -0.15) is 4.68 Å². The van der Waals surface area contributed by atoms with E-state index in [1.54, 1.807) is 18.2 Å². The Kier molecular flexibility index (Phi) is 2.30. The second-order valence-corrected chi connectivity index (χ2v) is 3.61. The van der Waals surface area contributed by atoms with E-state index in [2.05, 4.69) is 26.2 Å². The van der Waals surface area contributed by atoms with Crippen LogP contribution in [0.25, 0.3) is 10.9 Å². The normalized spacial score (nSPS) is 10.7. The van der Waals surface area contributed by atoms with Crippen molar-refractivity contribution in [2.75, 3.05) is 0 Å². The van der Waals surface area contributed by atoms with Gasteiger partial charge in [-0.3, -0.25) is 4.79 Å². The van der Waals surface area contributed by atoms with Crippen molar-refractivity contribution in [3.63, 3.8) is 0 Å². The fraction of sp³-hybridized carbons (Fsp3) is 0.125. The highest BCUT2D eigenvalue weighted by atomic mass is 79.9. The summed E-state index contributed by atoms with van der Waals surface area (Å²) in [7, 11) is 0. The number of fused-ring (bicyclic) bond motifs is 1. The molecule has 14 heavy (non-hydrogen) atoms. The lowest BCUT2D eigenvalue weighted by Gasteiger charge is -2.00. The van der Waals surface area contributed by atoms with Gasteiger partial charge in [0.05, 0.1) is 5.39 Å². The van der Waals surface area contributed by atoms with Crippen molar-refractivity contribution in [1.82, 2.24) is 15.0 Å². The summed E-state index contributed by atoms with van der Waals surface area (Å²) in [4.78, 5) is 11.6. The van der Waals surface area contributed by atoms with E-state index in [1.165, 1.54) is 0 Å². The standard InChI is InChI=1S/C8H6BrN3O2/c9-5-1-2-7-6(3-5)8(14)12(4-13)11-10-7/h1-3,13H,4H2. The molecule has 0 spiro atoms. The Balaban J connectivity index is 2.87. The van der Waals surface area contributed by atoms with Crippen molar-refractivity contribution >= 4 is 26.8 Å². The zero-order valence-corrected chi connectivity index (χ0v) is 8.60. The first kappa shape index (κ1) is 9.29. The van der Waals surface area contributed by atoms with Gasteiger partial charge in [-0.15, -0.1) is 5.10 Å². The van der Waals surface area contributed by atoms with E-state index in [9.17, 15) is 4.79 Å². The molecular formula is C8H6BrN3O2. The van der Waals surface area contributed by atoms with Gasteiger partial charge < -0.3 is 5.11 Å². The zero-order chi connectivity index (χ0) is 10.1. The van der Waals surface area contributed by atoms with E-state index in [0.29, 0.717) is 10.9 Å². The van der Waals surface area contributed by atoms with Crippen LogP contribution < -0.4 is 5.56 Å². The monoisotopic (exact) mass is 255 g/mol. The molecule has 72 valence electrons. The van der Waals surface area contributed by atoms with Crippen LogP contribution in [0.5, 0.6) is 0 Å². The molecule has 0 atom stereocenters. The lowest BCUT2D eigenvalue weighted by Crippen LogP contribution is -2.24. The third-order valence-corrected chi connectivity index (χ3v) is 2.31. The van der Waals surface area contributed by atoms with Gasteiger partial charge in [0.1, 0.15) is 12.2 Å². The minimum atomic E-state index is -0.464. The molecule has 0 aliphatic carbocycles. The van der Waals surface area contributed by atoms with Crippen molar-refractivity contribution in [3.8, 4) is 0 Å². The lowest BCUT2D eigenvalue weighted by atomic mass is 10.2. The maximum Gasteiger partial charge on any atom is 0.279 e. The predicted molar refractivity (Wildman–Crippen MR) is 53.7 cm³/mol. The Labute approximate surface area is 87.1 Å². The third-order valence-electron chi connectivity index (χ3n) is 1.82. The summed E-state index contributed by atoms with van der Waals surface area (Å²) in [6, 6.07) is 5.12. The van der Waals surface area contributed by atoms with Crippen LogP contribution in [0, 0.1) is 0 Å². The summed E-state index contributed by atoms with van der Waals surface area (Å²) in [6.45, 7) is -0.464. The van der Waals surface area contributed by atoms with Gasteiger partial charge in [-0.25, -0.2) is 0 Å². The number of aliphatic hydroxyl groups is 1. The molecule has 0 fully saturated rings. The molecule has 1 aromatic carbocycles. The predicted octanol–water partition coefficient (Wildman–Crippen LogP) is 0.504.